The lowest BCUT2D eigenvalue weighted by atomic mass is 10.0. The molecule has 2 atom stereocenters. The van der Waals surface area contributed by atoms with Crippen molar-refractivity contribution in [1.29, 1.82) is 0 Å². The lowest BCUT2D eigenvalue weighted by Crippen LogP contribution is -2.46. The van der Waals surface area contributed by atoms with Crippen LogP contribution in [0.3, 0.4) is 0 Å². The Bertz CT molecular complexity index is 1150. The monoisotopic (exact) mass is 463 g/mol. The molecule has 1 aliphatic heterocycles. The normalized spacial score (nSPS) is 17.6. The molecule has 0 bridgehead atoms. The van der Waals surface area contributed by atoms with Crippen molar-refractivity contribution in [3.05, 3.63) is 96.1 Å². The number of nitrogens with one attached hydrogen (secondary N) is 2. The van der Waals surface area contributed by atoms with Gasteiger partial charge in [-0.1, -0.05) is 60.7 Å². The summed E-state index contributed by atoms with van der Waals surface area (Å²) in [5.74, 6) is -0.0217. The van der Waals surface area contributed by atoms with E-state index in [1.807, 2.05) is 77.7 Å². The Kier molecular flexibility index (Phi) is 7.11. The molecule has 0 radical (unpaired) electrons. The van der Waals surface area contributed by atoms with Crippen molar-refractivity contribution in [3.8, 4) is 0 Å². The maximum atomic E-state index is 13.3. The molecule has 1 amide bonds. The minimum Gasteiger partial charge on any atom is -0.379 e. The van der Waals surface area contributed by atoms with Crippen LogP contribution in [0, 0.1) is 0 Å². The van der Waals surface area contributed by atoms with E-state index in [2.05, 4.69) is 29.7 Å². The molecule has 7 heteroatoms. The second kappa shape index (κ2) is 10.2. The molecule has 2 N–H and O–H groups in total. The maximum absolute atomic E-state index is 13.3. The first-order valence-electron chi connectivity index (χ1n) is 11.1. The highest BCUT2D eigenvalue weighted by Crippen LogP contribution is 2.26. The fraction of sp³-hybridized carbons (Fsp3) is 0.269. The minimum atomic E-state index is -3.03. The fourth-order valence-electron chi connectivity index (χ4n) is 4.08. The van der Waals surface area contributed by atoms with Crippen molar-refractivity contribution in [2.75, 3.05) is 35.2 Å². The highest BCUT2D eigenvalue weighted by molar-refractivity contribution is 7.91. The van der Waals surface area contributed by atoms with Gasteiger partial charge in [0.15, 0.2) is 9.84 Å². The van der Waals surface area contributed by atoms with Crippen molar-refractivity contribution in [2.24, 2.45) is 0 Å². The molecular formula is C26H29N3O3S. The van der Waals surface area contributed by atoms with Gasteiger partial charge in [-0.3, -0.25) is 9.69 Å². The van der Waals surface area contributed by atoms with Crippen molar-refractivity contribution < 1.29 is 13.2 Å². The molecule has 172 valence electrons. The van der Waals surface area contributed by atoms with E-state index in [0.29, 0.717) is 18.8 Å². The van der Waals surface area contributed by atoms with Gasteiger partial charge in [0.2, 0.25) is 5.91 Å². The average molecular weight is 464 g/mol. The third-order valence-corrected chi connectivity index (χ3v) is 7.55. The van der Waals surface area contributed by atoms with Crippen LogP contribution in [0.1, 0.15) is 30.1 Å². The van der Waals surface area contributed by atoms with Crippen molar-refractivity contribution in [2.45, 2.75) is 19.0 Å². The van der Waals surface area contributed by atoms with Gasteiger partial charge in [-0.15, -0.1) is 0 Å². The number of anilines is 2. The Balaban J connectivity index is 1.45. The Morgan fingerprint density at radius 1 is 0.788 bits per heavy atom. The van der Waals surface area contributed by atoms with E-state index in [0.717, 1.165) is 11.3 Å². The van der Waals surface area contributed by atoms with E-state index in [1.165, 1.54) is 5.56 Å². The third kappa shape index (κ3) is 6.00. The van der Waals surface area contributed by atoms with Gasteiger partial charge in [0.1, 0.15) is 6.04 Å². The Morgan fingerprint density at radius 3 is 1.88 bits per heavy atom. The molecule has 1 aliphatic rings. The molecule has 0 saturated carbocycles. The van der Waals surface area contributed by atoms with Crippen LogP contribution >= 0.6 is 0 Å². The first-order chi connectivity index (χ1) is 15.9. The molecule has 0 spiro atoms. The number of carbonyl (C=O) groups is 1. The molecular weight excluding hydrogens is 434 g/mol. The van der Waals surface area contributed by atoms with Gasteiger partial charge in [-0.05, 0) is 42.3 Å². The second-order valence-corrected chi connectivity index (χ2v) is 10.6. The van der Waals surface area contributed by atoms with Gasteiger partial charge >= 0.3 is 0 Å². The average Bonchev–Trinajstić information content (AvgIpc) is 2.83. The predicted molar refractivity (Wildman–Crippen MR) is 133 cm³/mol. The SMILES string of the molecule is CC(Nc1ccc(NC(=O)C(c2ccccc2)N2CCS(=O)(=O)CC2)cc1)c1ccccc1. The number of nitrogens with zero attached hydrogens (tertiary/aromatic N) is 1. The second-order valence-electron chi connectivity index (χ2n) is 8.34. The molecule has 1 saturated heterocycles. The third-order valence-electron chi connectivity index (χ3n) is 5.94. The van der Waals surface area contributed by atoms with Crippen LogP contribution in [0.15, 0.2) is 84.9 Å². The highest BCUT2D eigenvalue weighted by Gasteiger charge is 2.32. The molecule has 1 heterocycles. The van der Waals surface area contributed by atoms with Crippen LogP contribution < -0.4 is 10.6 Å². The van der Waals surface area contributed by atoms with Gasteiger partial charge in [-0.25, -0.2) is 8.42 Å². The number of amides is 1. The van der Waals surface area contributed by atoms with E-state index < -0.39 is 15.9 Å². The van der Waals surface area contributed by atoms with Gasteiger partial charge in [0, 0.05) is 30.5 Å². The van der Waals surface area contributed by atoms with E-state index in [-0.39, 0.29) is 23.5 Å². The molecule has 0 aromatic heterocycles. The van der Waals surface area contributed by atoms with Crippen LogP contribution in [0.5, 0.6) is 0 Å². The summed E-state index contributed by atoms with van der Waals surface area (Å²) in [5.41, 5.74) is 3.71. The summed E-state index contributed by atoms with van der Waals surface area (Å²) in [6.07, 6.45) is 0. The van der Waals surface area contributed by atoms with E-state index in [4.69, 9.17) is 0 Å². The fourth-order valence-corrected chi connectivity index (χ4v) is 5.31. The molecule has 2 unspecified atom stereocenters. The summed E-state index contributed by atoms with van der Waals surface area (Å²) in [6.45, 7) is 2.79. The highest BCUT2D eigenvalue weighted by atomic mass is 32.2. The van der Waals surface area contributed by atoms with E-state index in [9.17, 15) is 13.2 Å². The van der Waals surface area contributed by atoms with Gasteiger partial charge in [0.25, 0.3) is 0 Å². The van der Waals surface area contributed by atoms with Crippen LogP contribution in [0.25, 0.3) is 0 Å². The first kappa shape index (κ1) is 23.0. The largest absolute Gasteiger partial charge is 0.379 e. The molecule has 3 aromatic carbocycles. The summed E-state index contributed by atoms with van der Waals surface area (Å²) in [6, 6.07) is 27.0. The number of carbonyl (C=O) groups excluding carboxylic acids is 1. The van der Waals surface area contributed by atoms with Crippen LogP contribution in [0.4, 0.5) is 11.4 Å². The van der Waals surface area contributed by atoms with E-state index in [1.54, 1.807) is 0 Å². The van der Waals surface area contributed by atoms with Crippen LogP contribution in [0.2, 0.25) is 0 Å². The molecule has 6 nitrogen and oxygen atoms in total. The first-order valence-corrected chi connectivity index (χ1v) is 13.0. The Morgan fingerprint density at radius 2 is 1.30 bits per heavy atom. The molecule has 1 fully saturated rings. The smallest absolute Gasteiger partial charge is 0.246 e. The summed E-state index contributed by atoms with van der Waals surface area (Å²) < 4.78 is 23.8. The summed E-state index contributed by atoms with van der Waals surface area (Å²) in [4.78, 5) is 15.3. The van der Waals surface area contributed by atoms with Crippen molar-refractivity contribution in [3.63, 3.8) is 0 Å². The molecule has 33 heavy (non-hydrogen) atoms. The van der Waals surface area contributed by atoms with Gasteiger partial charge in [-0.2, -0.15) is 0 Å². The van der Waals surface area contributed by atoms with Crippen LogP contribution in [-0.2, 0) is 14.6 Å². The predicted octanol–water partition coefficient (Wildman–Crippen LogP) is 4.27. The lowest BCUT2D eigenvalue weighted by Gasteiger charge is -2.33. The number of sulfone groups is 1. The van der Waals surface area contributed by atoms with E-state index >= 15 is 0 Å². The summed E-state index contributed by atoms with van der Waals surface area (Å²) in [7, 11) is -3.03. The number of hydrogen-bond acceptors (Lipinski definition) is 5. The van der Waals surface area contributed by atoms with Crippen molar-refractivity contribution >= 4 is 27.1 Å². The standard InChI is InChI=1S/C26H29N3O3S/c1-20(21-8-4-2-5-9-21)27-23-12-14-24(15-13-23)28-26(30)25(22-10-6-3-7-11-22)29-16-18-33(31,32)19-17-29/h2-15,20,25,27H,16-19H2,1H3,(H,28,30). The van der Waals surface area contributed by atoms with Crippen LogP contribution in [-0.4, -0.2) is 43.8 Å². The Hall–Kier alpha value is -3.16. The minimum absolute atomic E-state index is 0.0730. The zero-order valence-electron chi connectivity index (χ0n) is 18.6. The number of benzene rings is 3. The Labute approximate surface area is 195 Å². The molecule has 0 aliphatic carbocycles. The summed E-state index contributed by atoms with van der Waals surface area (Å²) in [5, 5.41) is 6.48. The molecule has 3 aromatic rings. The zero-order chi connectivity index (χ0) is 23.3. The number of hydrogen-bond donors (Lipinski definition) is 2. The lowest BCUT2D eigenvalue weighted by molar-refractivity contribution is -0.121. The zero-order valence-corrected chi connectivity index (χ0v) is 19.5. The maximum Gasteiger partial charge on any atom is 0.246 e. The number of rotatable bonds is 7. The van der Waals surface area contributed by atoms with Gasteiger partial charge < -0.3 is 10.6 Å². The quantitative estimate of drug-likeness (QED) is 0.547. The molecule has 4 rings (SSSR count). The van der Waals surface area contributed by atoms with Gasteiger partial charge in [0.05, 0.1) is 11.5 Å². The topological polar surface area (TPSA) is 78.5 Å². The summed E-state index contributed by atoms with van der Waals surface area (Å²) >= 11 is 0. The van der Waals surface area contributed by atoms with Crippen molar-refractivity contribution in [1.82, 2.24) is 4.90 Å².